The summed E-state index contributed by atoms with van der Waals surface area (Å²) in [6, 6.07) is 11.7. The van der Waals surface area contributed by atoms with Gasteiger partial charge in [-0.15, -0.1) is 0 Å². The highest BCUT2D eigenvalue weighted by atomic mass is 16.4. The number of oxime groups is 1. The van der Waals surface area contributed by atoms with Crippen LogP contribution in [0.2, 0.25) is 0 Å². The lowest BCUT2D eigenvalue weighted by Crippen LogP contribution is -2.47. The SMILES string of the molecule is O/N=C(/CCN1CCN(c2ncccn2)CC1)c1ccccc1. The summed E-state index contributed by atoms with van der Waals surface area (Å²) >= 11 is 0. The van der Waals surface area contributed by atoms with Gasteiger partial charge in [-0.25, -0.2) is 9.97 Å². The van der Waals surface area contributed by atoms with Crippen LogP contribution in [0.1, 0.15) is 12.0 Å². The lowest BCUT2D eigenvalue weighted by Gasteiger charge is -2.34. The number of rotatable bonds is 5. The number of aromatic nitrogens is 2. The Morgan fingerprint density at radius 3 is 2.35 bits per heavy atom. The van der Waals surface area contributed by atoms with E-state index in [0.29, 0.717) is 0 Å². The molecule has 1 N–H and O–H groups in total. The largest absolute Gasteiger partial charge is 0.411 e. The zero-order valence-corrected chi connectivity index (χ0v) is 13.0. The molecule has 3 rings (SSSR count). The normalized spacial score (nSPS) is 16.5. The van der Waals surface area contributed by atoms with Gasteiger partial charge in [0.2, 0.25) is 5.95 Å². The maximum atomic E-state index is 9.24. The van der Waals surface area contributed by atoms with Crippen molar-refractivity contribution in [3.63, 3.8) is 0 Å². The molecular formula is C17H21N5O. The monoisotopic (exact) mass is 311 g/mol. The molecule has 23 heavy (non-hydrogen) atoms. The fourth-order valence-electron chi connectivity index (χ4n) is 2.77. The number of hydrogen-bond donors (Lipinski definition) is 1. The van der Waals surface area contributed by atoms with Crippen LogP contribution in [0.4, 0.5) is 5.95 Å². The van der Waals surface area contributed by atoms with Crippen molar-refractivity contribution in [3.05, 3.63) is 54.4 Å². The topological polar surface area (TPSA) is 64.9 Å². The maximum Gasteiger partial charge on any atom is 0.225 e. The van der Waals surface area contributed by atoms with E-state index in [2.05, 4.69) is 24.9 Å². The predicted molar refractivity (Wildman–Crippen MR) is 90.1 cm³/mol. The van der Waals surface area contributed by atoms with Crippen LogP contribution in [0.15, 0.2) is 53.9 Å². The van der Waals surface area contributed by atoms with Crippen molar-refractivity contribution in [2.45, 2.75) is 6.42 Å². The second-order valence-corrected chi connectivity index (χ2v) is 5.54. The quantitative estimate of drug-likeness (QED) is 0.519. The molecule has 1 aliphatic heterocycles. The molecule has 2 heterocycles. The van der Waals surface area contributed by atoms with Crippen LogP contribution in [0, 0.1) is 0 Å². The number of piperazine rings is 1. The van der Waals surface area contributed by atoms with Gasteiger partial charge in [-0.1, -0.05) is 35.5 Å². The first kappa shape index (κ1) is 15.4. The number of benzene rings is 1. The molecule has 0 radical (unpaired) electrons. The average molecular weight is 311 g/mol. The Balaban J connectivity index is 1.49. The highest BCUT2D eigenvalue weighted by Gasteiger charge is 2.19. The zero-order chi connectivity index (χ0) is 15.9. The van der Waals surface area contributed by atoms with Crippen molar-refractivity contribution >= 4 is 11.7 Å². The van der Waals surface area contributed by atoms with E-state index in [1.54, 1.807) is 12.4 Å². The Bertz CT molecular complexity index is 624. The molecule has 6 heteroatoms. The van der Waals surface area contributed by atoms with Gasteiger partial charge in [-0.2, -0.15) is 0 Å². The molecule has 1 aromatic carbocycles. The molecule has 1 aromatic heterocycles. The first-order valence-electron chi connectivity index (χ1n) is 7.87. The Labute approximate surface area is 136 Å². The second-order valence-electron chi connectivity index (χ2n) is 5.54. The summed E-state index contributed by atoms with van der Waals surface area (Å²) in [7, 11) is 0. The highest BCUT2D eigenvalue weighted by Crippen LogP contribution is 2.11. The molecule has 0 unspecified atom stereocenters. The molecule has 1 aliphatic rings. The number of hydrogen-bond acceptors (Lipinski definition) is 6. The fraction of sp³-hybridized carbons (Fsp3) is 0.353. The van der Waals surface area contributed by atoms with Crippen LogP contribution in [-0.4, -0.2) is 58.5 Å². The van der Waals surface area contributed by atoms with Gasteiger partial charge in [-0.3, -0.25) is 4.90 Å². The van der Waals surface area contributed by atoms with E-state index in [4.69, 9.17) is 0 Å². The van der Waals surface area contributed by atoms with Crippen LogP contribution in [0.5, 0.6) is 0 Å². The molecule has 2 aromatic rings. The van der Waals surface area contributed by atoms with E-state index in [-0.39, 0.29) is 0 Å². The van der Waals surface area contributed by atoms with Crippen LogP contribution in [0.3, 0.4) is 0 Å². The minimum atomic E-state index is 0.736. The minimum absolute atomic E-state index is 0.736. The van der Waals surface area contributed by atoms with Gasteiger partial charge in [-0.05, 0) is 11.6 Å². The minimum Gasteiger partial charge on any atom is -0.411 e. The Hall–Kier alpha value is -2.47. The van der Waals surface area contributed by atoms with Gasteiger partial charge in [0.05, 0.1) is 5.71 Å². The molecule has 6 nitrogen and oxygen atoms in total. The molecule has 0 spiro atoms. The Morgan fingerprint density at radius 2 is 1.70 bits per heavy atom. The van der Waals surface area contributed by atoms with E-state index in [1.165, 1.54) is 0 Å². The Kier molecular flexibility index (Phi) is 5.16. The Morgan fingerprint density at radius 1 is 1.00 bits per heavy atom. The average Bonchev–Trinajstić information content (AvgIpc) is 2.64. The van der Waals surface area contributed by atoms with Crippen LogP contribution in [-0.2, 0) is 0 Å². The maximum absolute atomic E-state index is 9.24. The van der Waals surface area contributed by atoms with E-state index < -0.39 is 0 Å². The van der Waals surface area contributed by atoms with Gasteiger partial charge >= 0.3 is 0 Å². The summed E-state index contributed by atoms with van der Waals surface area (Å²) in [5.41, 5.74) is 1.71. The fourth-order valence-corrected chi connectivity index (χ4v) is 2.77. The van der Waals surface area contributed by atoms with Crippen LogP contribution in [0.25, 0.3) is 0 Å². The first-order chi connectivity index (χ1) is 11.4. The number of anilines is 1. The van der Waals surface area contributed by atoms with Crippen molar-refractivity contribution in [3.8, 4) is 0 Å². The van der Waals surface area contributed by atoms with Crippen LogP contribution >= 0.6 is 0 Å². The van der Waals surface area contributed by atoms with Gasteiger partial charge in [0, 0.05) is 51.5 Å². The standard InChI is InChI=1S/C17H21N5O/c23-20-16(15-5-2-1-3-6-15)7-10-21-11-13-22(14-12-21)17-18-8-4-9-19-17/h1-6,8-9,23H,7,10-14H2/b20-16-. The second kappa shape index (κ2) is 7.69. The molecule has 0 bridgehead atoms. The van der Waals surface area contributed by atoms with Crippen molar-refractivity contribution < 1.29 is 5.21 Å². The third-order valence-corrected chi connectivity index (χ3v) is 4.10. The smallest absolute Gasteiger partial charge is 0.225 e. The molecule has 0 amide bonds. The van der Waals surface area contributed by atoms with Gasteiger partial charge in [0.15, 0.2) is 0 Å². The third kappa shape index (κ3) is 4.04. The molecule has 1 fully saturated rings. The zero-order valence-electron chi connectivity index (χ0n) is 13.0. The van der Waals surface area contributed by atoms with Crippen molar-refractivity contribution in [2.24, 2.45) is 5.16 Å². The van der Waals surface area contributed by atoms with Crippen LogP contribution < -0.4 is 4.90 Å². The lowest BCUT2D eigenvalue weighted by molar-refractivity contribution is 0.261. The van der Waals surface area contributed by atoms with E-state index in [0.717, 1.165) is 56.4 Å². The molecule has 0 atom stereocenters. The summed E-state index contributed by atoms with van der Waals surface area (Å²) in [5.74, 6) is 0.800. The molecule has 1 saturated heterocycles. The molecule has 0 aliphatic carbocycles. The first-order valence-corrected chi connectivity index (χ1v) is 7.87. The summed E-state index contributed by atoms with van der Waals surface area (Å²) < 4.78 is 0. The summed E-state index contributed by atoms with van der Waals surface area (Å²) in [5, 5.41) is 12.7. The summed E-state index contributed by atoms with van der Waals surface area (Å²) in [4.78, 5) is 13.2. The summed E-state index contributed by atoms with van der Waals surface area (Å²) in [6.45, 7) is 4.65. The number of nitrogens with zero attached hydrogens (tertiary/aromatic N) is 5. The van der Waals surface area contributed by atoms with Gasteiger partial charge in [0.25, 0.3) is 0 Å². The molecular weight excluding hydrogens is 290 g/mol. The van der Waals surface area contributed by atoms with Gasteiger partial charge < -0.3 is 10.1 Å². The van der Waals surface area contributed by atoms with E-state index in [1.807, 2.05) is 36.4 Å². The predicted octanol–water partition coefficient (Wildman–Crippen LogP) is 1.87. The highest BCUT2D eigenvalue weighted by molar-refractivity contribution is 6.00. The third-order valence-electron chi connectivity index (χ3n) is 4.10. The molecule has 120 valence electrons. The van der Waals surface area contributed by atoms with Crippen molar-refractivity contribution in [1.82, 2.24) is 14.9 Å². The van der Waals surface area contributed by atoms with Gasteiger partial charge in [0.1, 0.15) is 0 Å². The van der Waals surface area contributed by atoms with Crippen molar-refractivity contribution in [1.29, 1.82) is 0 Å². The van der Waals surface area contributed by atoms with E-state index >= 15 is 0 Å². The molecule has 0 saturated carbocycles. The van der Waals surface area contributed by atoms with E-state index in [9.17, 15) is 5.21 Å². The lowest BCUT2D eigenvalue weighted by atomic mass is 10.1. The summed E-state index contributed by atoms with van der Waals surface area (Å²) in [6.07, 6.45) is 4.29. The van der Waals surface area contributed by atoms with Crippen molar-refractivity contribution in [2.75, 3.05) is 37.6 Å².